The third kappa shape index (κ3) is 3.06. The fourth-order valence-corrected chi connectivity index (χ4v) is 1.33. The Morgan fingerprint density at radius 2 is 2.38 bits per heavy atom. The number of hydrogen-bond donors (Lipinski definition) is 1. The molecule has 1 rings (SSSR count). The molecule has 1 aromatic rings. The lowest BCUT2D eigenvalue weighted by Crippen LogP contribution is -2.05. The van der Waals surface area contributed by atoms with E-state index in [1.54, 1.807) is 25.3 Å². The van der Waals surface area contributed by atoms with Crippen molar-refractivity contribution in [1.29, 1.82) is 5.26 Å². The Balaban J connectivity index is 2.97. The minimum absolute atomic E-state index is 0.347. The molecule has 1 aromatic carbocycles. The zero-order chi connectivity index (χ0) is 12.0. The Labute approximate surface area is 104 Å². The van der Waals surface area contributed by atoms with Crippen LogP contribution in [-0.2, 0) is 0 Å². The Kier molecular flexibility index (Phi) is 4.97. The Bertz CT molecular complexity index is 438. The summed E-state index contributed by atoms with van der Waals surface area (Å²) in [4.78, 5) is 0. The summed E-state index contributed by atoms with van der Waals surface area (Å²) >= 11 is 11.2. The van der Waals surface area contributed by atoms with Gasteiger partial charge in [-0.25, -0.2) is 0 Å². The first-order valence-electron chi connectivity index (χ1n) is 4.48. The first kappa shape index (κ1) is 12.7. The van der Waals surface area contributed by atoms with Crippen LogP contribution >= 0.6 is 23.2 Å². The second kappa shape index (κ2) is 6.26. The van der Waals surface area contributed by atoms with E-state index in [2.05, 4.69) is 11.4 Å². The maximum atomic E-state index is 8.94. The van der Waals surface area contributed by atoms with E-state index in [1.165, 1.54) is 5.54 Å². The van der Waals surface area contributed by atoms with Gasteiger partial charge in [0.1, 0.15) is 11.8 Å². The molecule has 0 bridgehead atoms. The molecule has 0 aromatic heterocycles. The van der Waals surface area contributed by atoms with Gasteiger partial charge in [-0.3, -0.25) is 0 Å². The quantitative estimate of drug-likeness (QED) is 0.900. The lowest BCUT2D eigenvalue weighted by molar-refractivity contribution is 0.416. The first-order valence-corrected chi connectivity index (χ1v) is 5.30. The van der Waals surface area contributed by atoms with Crippen molar-refractivity contribution in [3.63, 3.8) is 0 Å². The van der Waals surface area contributed by atoms with Crippen LogP contribution in [-0.4, -0.2) is 13.7 Å². The highest BCUT2D eigenvalue weighted by atomic mass is 35.5. The van der Waals surface area contributed by atoms with E-state index in [1.807, 2.05) is 0 Å². The number of methoxy groups -OCH3 is 1. The summed E-state index contributed by atoms with van der Waals surface area (Å²) in [5.74, 6) is 0.595. The number of benzene rings is 1. The summed E-state index contributed by atoms with van der Waals surface area (Å²) in [6, 6.07) is 7.29. The van der Waals surface area contributed by atoms with Crippen molar-refractivity contribution in [1.82, 2.24) is 0 Å². The van der Waals surface area contributed by atoms with Crippen LogP contribution in [0.2, 0.25) is 0 Å². The molecular weight excluding hydrogens is 247 g/mol. The minimum atomic E-state index is 0.347. The smallest absolute Gasteiger partial charge is 0.143 e. The van der Waals surface area contributed by atoms with E-state index >= 15 is 0 Å². The van der Waals surface area contributed by atoms with Gasteiger partial charge in [0.25, 0.3) is 0 Å². The van der Waals surface area contributed by atoms with Gasteiger partial charge in [0.2, 0.25) is 0 Å². The van der Waals surface area contributed by atoms with E-state index in [9.17, 15) is 0 Å². The highest BCUT2D eigenvalue weighted by Crippen LogP contribution is 2.28. The molecule has 0 atom stereocenters. The molecule has 0 saturated carbocycles. The van der Waals surface area contributed by atoms with Gasteiger partial charge in [-0.1, -0.05) is 29.3 Å². The number of hydrogen-bond acceptors (Lipinski definition) is 3. The molecule has 3 nitrogen and oxygen atoms in total. The zero-order valence-electron chi connectivity index (χ0n) is 8.63. The molecule has 0 amide bonds. The molecule has 16 heavy (non-hydrogen) atoms. The Morgan fingerprint density at radius 1 is 1.62 bits per heavy atom. The maximum Gasteiger partial charge on any atom is 0.143 e. The molecule has 0 heterocycles. The summed E-state index contributed by atoms with van der Waals surface area (Å²) in [7, 11) is 1.54. The van der Waals surface area contributed by atoms with Gasteiger partial charge >= 0.3 is 0 Å². The molecule has 84 valence electrons. The minimum Gasteiger partial charge on any atom is -0.495 e. The van der Waals surface area contributed by atoms with Gasteiger partial charge in [-0.05, 0) is 12.1 Å². The van der Waals surface area contributed by atoms with Crippen LogP contribution in [0.25, 0.3) is 0 Å². The standard InChI is InChI=1S/C11H10Cl2N2O/c1-16-10-4-2-3-8(6-14)11(10)15-7-9(13)5-12/h2-5,15H,7H2,1H3/b9-5-. The topological polar surface area (TPSA) is 45.0 Å². The van der Waals surface area contributed by atoms with Crippen molar-refractivity contribution in [2.24, 2.45) is 0 Å². The van der Waals surface area contributed by atoms with Crippen LogP contribution < -0.4 is 10.1 Å². The van der Waals surface area contributed by atoms with Crippen LogP contribution in [0.3, 0.4) is 0 Å². The SMILES string of the molecule is COc1cccc(C#N)c1NC/C(Cl)=C/Cl. The molecule has 0 spiro atoms. The molecule has 0 aliphatic rings. The summed E-state index contributed by atoms with van der Waals surface area (Å²) in [5.41, 5.74) is 2.39. The highest BCUT2D eigenvalue weighted by molar-refractivity contribution is 6.36. The average molecular weight is 257 g/mol. The molecule has 0 unspecified atom stereocenters. The monoisotopic (exact) mass is 256 g/mol. The third-order valence-corrected chi connectivity index (χ3v) is 2.54. The molecule has 0 saturated heterocycles. The van der Waals surface area contributed by atoms with Gasteiger partial charge in [-0.15, -0.1) is 0 Å². The molecule has 0 fully saturated rings. The van der Waals surface area contributed by atoms with Gasteiger partial charge in [0, 0.05) is 10.6 Å². The maximum absolute atomic E-state index is 8.94. The van der Waals surface area contributed by atoms with E-state index < -0.39 is 0 Å². The van der Waals surface area contributed by atoms with Crippen molar-refractivity contribution in [2.45, 2.75) is 0 Å². The summed E-state index contributed by atoms with van der Waals surface area (Å²) in [5, 5.41) is 12.4. The van der Waals surface area contributed by atoms with Crippen molar-refractivity contribution in [2.75, 3.05) is 19.0 Å². The summed E-state index contributed by atoms with van der Waals surface area (Å²) in [6.45, 7) is 0.347. The average Bonchev–Trinajstić information content (AvgIpc) is 2.35. The predicted molar refractivity (Wildman–Crippen MR) is 66.0 cm³/mol. The number of ether oxygens (including phenoxy) is 1. The molecule has 0 aliphatic heterocycles. The number of nitrogens with one attached hydrogen (secondary N) is 1. The van der Waals surface area contributed by atoms with Crippen LogP contribution in [0.4, 0.5) is 5.69 Å². The number of anilines is 1. The number of halogens is 2. The largest absolute Gasteiger partial charge is 0.495 e. The molecule has 0 aliphatic carbocycles. The van der Waals surface area contributed by atoms with Gasteiger partial charge < -0.3 is 10.1 Å². The van der Waals surface area contributed by atoms with E-state index in [4.69, 9.17) is 33.2 Å². The predicted octanol–water partition coefficient (Wildman–Crippen LogP) is 3.30. The lowest BCUT2D eigenvalue weighted by Gasteiger charge is -2.11. The van der Waals surface area contributed by atoms with E-state index in [0.29, 0.717) is 28.6 Å². The lowest BCUT2D eigenvalue weighted by atomic mass is 10.2. The van der Waals surface area contributed by atoms with Crippen LogP contribution in [0.1, 0.15) is 5.56 Å². The van der Waals surface area contributed by atoms with Crippen molar-refractivity contribution >= 4 is 28.9 Å². The fourth-order valence-electron chi connectivity index (χ4n) is 1.19. The molecule has 1 N–H and O–H groups in total. The fraction of sp³-hybridized carbons (Fsp3) is 0.182. The highest BCUT2D eigenvalue weighted by Gasteiger charge is 2.08. The number of nitriles is 1. The van der Waals surface area contributed by atoms with Crippen LogP contribution in [0.15, 0.2) is 28.8 Å². The van der Waals surface area contributed by atoms with Gasteiger partial charge in [0.05, 0.1) is 24.9 Å². The first-order chi connectivity index (χ1) is 7.72. The van der Waals surface area contributed by atoms with E-state index in [-0.39, 0.29) is 0 Å². The zero-order valence-corrected chi connectivity index (χ0v) is 10.1. The van der Waals surface area contributed by atoms with E-state index in [0.717, 1.165) is 0 Å². The molecular formula is C11H10Cl2N2O. The van der Waals surface area contributed by atoms with Gasteiger partial charge in [0.15, 0.2) is 0 Å². The molecule has 0 radical (unpaired) electrons. The number of rotatable bonds is 4. The van der Waals surface area contributed by atoms with Gasteiger partial charge in [-0.2, -0.15) is 5.26 Å². The second-order valence-electron chi connectivity index (χ2n) is 2.90. The van der Waals surface area contributed by atoms with Crippen LogP contribution in [0, 0.1) is 11.3 Å². The van der Waals surface area contributed by atoms with Crippen molar-refractivity contribution in [3.05, 3.63) is 34.3 Å². The Morgan fingerprint density at radius 3 is 2.94 bits per heavy atom. The van der Waals surface area contributed by atoms with Crippen molar-refractivity contribution in [3.8, 4) is 11.8 Å². The number of para-hydroxylation sites is 1. The molecule has 5 heteroatoms. The normalized spacial score (nSPS) is 10.8. The van der Waals surface area contributed by atoms with Crippen molar-refractivity contribution < 1.29 is 4.74 Å². The summed E-state index contributed by atoms with van der Waals surface area (Å²) in [6.07, 6.45) is 0. The Hall–Kier alpha value is -1.37. The second-order valence-corrected chi connectivity index (χ2v) is 3.61. The number of nitrogens with zero attached hydrogens (tertiary/aromatic N) is 1. The summed E-state index contributed by atoms with van der Waals surface area (Å²) < 4.78 is 5.14. The third-order valence-electron chi connectivity index (χ3n) is 1.92. The van der Waals surface area contributed by atoms with Crippen LogP contribution in [0.5, 0.6) is 5.75 Å².